The molecule has 4 aliphatic rings. The van der Waals surface area contributed by atoms with Crippen molar-refractivity contribution in [3.8, 4) is 0 Å². The van der Waals surface area contributed by atoms with Crippen LogP contribution in [-0.4, -0.2) is 40.4 Å². The maximum atomic E-state index is 13.4. The van der Waals surface area contributed by atoms with Gasteiger partial charge in [0.2, 0.25) is 0 Å². The molecule has 0 radical (unpaired) electrons. The second-order valence-electron chi connectivity index (χ2n) is 16.5. The number of hydrogen-bond acceptors (Lipinski definition) is 4. The number of ether oxygens (including phenoxy) is 1. The molecule has 0 aromatic carbocycles. The van der Waals surface area contributed by atoms with Gasteiger partial charge >= 0.3 is 5.97 Å². The molecule has 3 aliphatic carbocycles. The highest BCUT2D eigenvalue weighted by molar-refractivity contribution is 6.74. The number of fused-ring (bicyclic) bond motifs is 1. The molecule has 6 heteroatoms. The average Bonchev–Trinajstić information content (AvgIpc) is 3.12. The lowest BCUT2D eigenvalue weighted by molar-refractivity contribution is -0.172. The van der Waals surface area contributed by atoms with Gasteiger partial charge in [0.25, 0.3) is 0 Å². The van der Waals surface area contributed by atoms with Gasteiger partial charge in [0.1, 0.15) is 5.60 Å². The van der Waals surface area contributed by atoms with Crippen molar-refractivity contribution in [3.05, 3.63) is 0 Å². The molecule has 1 aliphatic heterocycles. The Labute approximate surface area is 237 Å². The van der Waals surface area contributed by atoms with Crippen LogP contribution < -0.4 is 0 Å². The maximum absolute atomic E-state index is 13.4. The topological polar surface area (TPSA) is 44.8 Å². The predicted octanol–water partition coefficient (Wildman–Crippen LogP) is 9.25. The molecular formula is C32H60O4Si2. The van der Waals surface area contributed by atoms with Crippen molar-refractivity contribution in [2.75, 3.05) is 0 Å². The summed E-state index contributed by atoms with van der Waals surface area (Å²) in [5.41, 5.74) is -0.244. The van der Waals surface area contributed by atoms with E-state index in [1.165, 1.54) is 19.3 Å². The lowest BCUT2D eigenvalue weighted by atomic mass is 9.57. The van der Waals surface area contributed by atoms with Gasteiger partial charge < -0.3 is 13.6 Å². The van der Waals surface area contributed by atoms with Gasteiger partial charge in [-0.1, -0.05) is 54.4 Å². The van der Waals surface area contributed by atoms with E-state index in [4.69, 9.17) is 13.6 Å². The summed E-state index contributed by atoms with van der Waals surface area (Å²) in [6, 6.07) is 0. The number of esters is 1. The molecule has 0 aromatic rings. The minimum Gasteiger partial charge on any atom is -0.458 e. The summed E-state index contributed by atoms with van der Waals surface area (Å²) in [6.07, 6.45) is 14.5. The van der Waals surface area contributed by atoms with Crippen molar-refractivity contribution in [2.45, 2.75) is 173 Å². The second kappa shape index (κ2) is 10.9. The first kappa shape index (κ1) is 30.8. The molecule has 0 aromatic heterocycles. The van der Waals surface area contributed by atoms with Gasteiger partial charge in [0.05, 0.1) is 5.92 Å². The lowest BCUT2D eigenvalue weighted by Gasteiger charge is -2.52. The van der Waals surface area contributed by atoms with Crippen molar-refractivity contribution in [2.24, 2.45) is 23.7 Å². The summed E-state index contributed by atoms with van der Waals surface area (Å²) in [7, 11) is -3.55. The van der Waals surface area contributed by atoms with E-state index in [9.17, 15) is 4.79 Å². The molecule has 0 bridgehead atoms. The van der Waals surface area contributed by atoms with E-state index < -0.39 is 16.6 Å². The Hall–Kier alpha value is -0.176. The smallest absolute Gasteiger partial charge is 0.309 e. The summed E-state index contributed by atoms with van der Waals surface area (Å²) in [4.78, 5) is 13.4. The maximum Gasteiger partial charge on any atom is 0.309 e. The summed E-state index contributed by atoms with van der Waals surface area (Å²) < 4.78 is 20.5. The van der Waals surface area contributed by atoms with E-state index >= 15 is 0 Å². The third-order valence-corrected chi connectivity index (χ3v) is 21.2. The zero-order valence-corrected chi connectivity index (χ0v) is 28.6. The van der Waals surface area contributed by atoms with E-state index in [1.54, 1.807) is 0 Å². The zero-order valence-electron chi connectivity index (χ0n) is 26.6. The van der Waals surface area contributed by atoms with Crippen LogP contribution in [0.25, 0.3) is 0 Å². The molecule has 3 saturated carbocycles. The zero-order chi connectivity index (χ0) is 28.1. The molecule has 4 rings (SSSR count). The van der Waals surface area contributed by atoms with Crippen molar-refractivity contribution in [1.82, 2.24) is 0 Å². The van der Waals surface area contributed by atoms with Crippen LogP contribution in [0.2, 0.25) is 36.3 Å². The van der Waals surface area contributed by atoms with Gasteiger partial charge in [-0.2, -0.15) is 0 Å². The molecule has 1 saturated heterocycles. The second-order valence-corrected chi connectivity index (χ2v) is 26.0. The third kappa shape index (κ3) is 5.90. The number of carbonyl (C=O) groups excluding carboxylic acids is 1. The Morgan fingerprint density at radius 1 is 0.658 bits per heavy atom. The summed E-state index contributed by atoms with van der Waals surface area (Å²) in [5.74, 6) is 1.68. The van der Waals surface area contributed by atoms with Gasteiger partial charge in [-0.3, -0.25) is 4.79 Å². The van der Waals surface area contributed by atoms with E-state index in [1.807, 2.05) is 0 Å². The first-order chi connectivity index (χ1) is 17.5. The van der Waals surface area contributed by atoms with Crippen LogP contribution in [0.1, 0.15) is 119 Å². The first-order valence-corrected chi connectivity index (χ1v) is 21.9. The summed E-state index contributed by atoms with van der Waals surface area (Å²) in [5, 5.41) is 0.485. The van der Waals surface area contributed by atoms with Gasteiger partial charge in [0.15, 0.2) is 16.6 Å². The molecule has 4 fully saturated rings. The van der Waals surface area contributed by atoms with E-state index in [2.05, 4.69) is 67.7 Å². The molecule has 220 valence electrons. The average molecular weight is 565 g/mol. The fraction of sp³-hybridized carbons (Fsp3) is 0.969. The molecule has 0 spiro atoms. The van der Waals surface area contributed by atoms with Crippen molar-refractivity contribution in [1.29, 1.82) is 0 Å². The molecule has 0 N–H and O–H groups in total. The summed E-state index contributed by atoms with van der Waals surface area (Å²) in [6.45, 7) is 23.6. The quantitative estimate of drug-likeness (QED) is 0.238. The van der Waals surface area contributed by atoms with Crippen molar-refractivity contribution in [3.63, 3.8) is 0 Å². The molecule has 38 heavy (non-hydrogen) atoms. The largest absolute Gasteiger partial charge is 0.458 e. The molecule has 4 nitrogen and oxygen atoms in total. The fourth-order valence-corrected chi connectivity index (χ4v) is 10.7. The Bertz CT molecular complexity index is 775. The van der Waals surface area contributed by atoms with Crippen LogP contribution in [0.5, 0.6) is 0 Å². The summed E-state index contributed by atoms with van der Waals surface area (Å²) >= 11 is 0. The van der Waals surface area contributed by atoms with Crippen LogP contribution >= 0.6 is 0 Å². The van der Waals surface area contributed by atoms with Crippen molar-refractivity contribution < 1.29 is 18.4 Å². The molecular weight excluding hydrogens is 505 g/mol. The predicted molar refractivity (Wildman–Crippen MR) is 162 cm³/mol. The third-order valence-electron chi connectivity index (χ3n) is 12.1. The molecule has 2 unspecified atom stereocenters. The number of carbonyl (C=O) groups is 1. The number of hydrogen-bond donors (Lipinski definition) is 0. The number of rotatable bonds is 6. The minimum absolute atomic E-state index is 0.133. The fourth-order valence-electron chi connectivity index (χ4n) is 7.83. The van der Waals surface area contributed by atoms with Gasteiger partial charge in [-0.15, -0.1) is 0 Å². The monoisotopic (exact) mass is 564 g/mol. The van der Waals surface area contributed by atoms with Crippen LogP contribution in [0.4, 0.5) is 0 Å². The van der Waals surface area contributed by atoms with Gasteiger partial charge in [0, 0.05) is 18.1 Å². The Kier molecular flexibility index (Phi) is 8.83. The Morgan fingerprint density at radius 3 is 1.45 bits per heavy atom. The van der Waals surface area contributed by atoms with Crippen LogP contribution in [-0.2, 0) is 18.4 Å². The van der Waals surface area contributed by atoms with E-state index in [0.717, 1.165) is 57.8 Å². The van der Waals surface area contributed by atoms with Crippen LogP contribution in [0, 0.1) is 23.7 Å². The van der Waals surface area contributed by atoms with Gasteiger partial charge in [-0.25, -0.2) is 0 Å². The lowest BCUT2D eigenvalue weighted by Crippen LogP contribution is -2.54. The van der Waals surface area contributed by atoms with E-state index in [-0.39, 0.29) is 27.6 Å². The van der Waals surface area contributed by atoms with Gasteiger partial charge in [-0.05, 0) is 112 Å². The molecule has 2 atom stereocenters. The number of cyclic esters (lactones) is 1. The molecule has 1 heterocycles. The highest BCUT2D eigenvalue weighted by atomic mass is 28.4. The van der Waals surface area contributed by atoms with Crippen molar-refractivity contribution >= 4 is 22.6 Å². The normalized spacial score (nSPS) is 37.6. The highest BCUT2D eigenvalue weighted by Gasteiger charge is 2.63. The standard InChI is InChI=1S/C32H60O4Si2/c1-30(2,3)37(7,8)35-25-19-15-23(16-20-25)32(28-14-12-11-13-27(28)29(33)34-32)24-17-21-26(22-18-24)36-38(9,10)31(4,5)6/h23-28H,11-22H2,1-10H3. The van der Waals surface area contributed by atoms with Crippen LogP contribution in [0.3, 0.4) is 0 Å². The van der Waals surface area contributed by atoms with E-state index in [0.29, 0.717) is 30.0 Å². The molecule has 0 amide bonds. The SMILES string of the molecule is CC(C)(C)[Si](C)(C)OC1CCC(C2(C3CCC(O[Si](C)(C)C(C)(C)C)CC3)OC(=O)C3CCCCC32)CC1. The highest BCUT2D eigenvalue weighted by Crippen LogP contribution is 2.59. The Morgan fingerprint density at radius 2 is 1.05 bits per heavy atom. The minimum atomic E-state index is -1.77. The first-order valence-electron chi connectivity index (χ1n) is 16.1. The van der Waals surface area contributed by atoms with Crippen LogP contribution in [0.15, 0.2) is 0 Å². The Balaban J connectivity index is 1.49.